The van der Waals surface area contributed by atoms with Crippen LogP contribution in [0.2, 0.25) is 0 Å². The van der Waals surface area contributed by atoms with Gasteiger partial charge < -0.3 is 4.74 Å². The number of halogens is 1. The number of Topliss-reactive ketones (excluding diaryl/α,β-unsaturated/α-hetero) is 1. The second-order valence-electron chi connectivity index (χ2n) is 5.97. The molecule has 0 atom stereocenters. The van der Waals surface area contributed by atoms with Gasteiger partial charge >= 0.3 is 0 Å². The van der Waals surface area contributed by atoms with Crippen LogP contribution in [-0.2, 0) is 9.53 Å². The molecular weight excluding hydrogens is 404 g/mol. The molecular formula is C22H15BrN2O2. The van der Waals surface area contributed by atoms with E-state index in [2.05, 4.69) is 15.9 Å². The molecule has 1 aliphatic carbocycles. The summed E-state index contributed by atoms with van der Waals surface area (Å²) in [7, 11) is 1.48. The minimum absolute atomic E-state index is 0.195. The molecule has 1 aliphatic heterocycles. The van der Waals surface area contributed by atoms with Crippen molar-refractivity contribution in [2.24, 2.45) is 9.98 Å². The first kappa shape index (κ1) is 17.4. The van der Waals surface area contributed by atoms with E-state index < -0.39 is 0 Å². The molecule has 0 amide bonds. The van der Waals surface area contributed by atoms with Gasteiger partial charge in [0.05, 0.1) is 23.0 Å². The van der Waals surface area contributed by atoms with Crippen molar-refractivity contribution in [3.8, 4) is 0 Å². The summed E-state index contributed by atoms with van der Waals surface area (Å²) >= 11 is 3.30. The van der Waals surface area contributed by atoms with E-state index >= 15 is 0 Å². The third kappa shape index (κ3) is 3.34. The number of methoxy groups -OCH3 is 1. The number of hydrogen-bond acceptors (Lipinski definition) is 4. The Labute approximate surface area is 165 Å². The summed E-state index contributed by atoms with van der Waals surface area (Å²) in [5, 5.41) is 0. The van der Waals surface area contributed by atoms with Gasteiger partial charge in [0.2, 0.25) is 5.78 Å². The fraction of sp³-hybridized carbons (Fsp3) is 0.0455. The summed E-state index contributed by atoms with van der Waals surface area (Å²) in [5.41, 5.74) is 4.30. The Kier molecular flexibility index (Phi) is 4.69. The van der Waals surface area contributed by atoms with Crippen LogP contribution in [0.25, 0.3) is 0 Å². The van der Waals surface area contributed by atoms with Crippen molar-refractivity contribution in [2.45, 2.75) is 0 Å². The van der Waals surface area contributed by atoms with Crippen molar-refractivity contribution >= 4 is 33.1 Å². The van der Waals surface area contributed by atoms with Gasteiger partial charge in [-0.3, -0.25) is 4.79 Å². The van der Waals surface area contributed by atoms with Crippen LogP contribution < -0.4 is 0 Å². The summed E-state index contributed by atoms with van der Waals surface area (Å²) in [6.45, 7) is 0. The Bertz CT molecular complexity index is 1000. The molecule has 4 rings (SSSR count). The molecule has 0 spiro atoms. The Morgan fingerprint density at radius 2 is 1.33 bits per heavy atom. The van der Waals surface area contributed by atoms with Crippen molar-refractivity contribution in [2.75, 3.05) is 7.11 Å². The van der Waals surface area contributed by atoms with Gasteiger partial charge in [-0.15, -0.1) is 0 Å². The number of rotatable bonds is 3. The quantitative estimate of drug-likeness (QED) is 0.731. The molecule has 1 heterocycles. The van der Waals surface area contributed by atoms with E-state index in [0.717, 1.165) is 28.1 Å². The molecule has 2 aliphatic rings. The van der Waals surface area contributed by atoms with E-state index in [-0.39, 0.29) is 11.5 Å². The molecule has 2 aromatic carbocycles. The topological polar surface area (TPSA) is 51.0 Å². The zero-order chi connectivity index (χ0) is 18.8. The number of carbonyl (C=O) groups excluding carboxylic acids is 1. The average molecular weight is 419 g/mol. The molecule has 0 saturated carbocycles. The fourth-order valence-corrected chi connectivity index (χ4v) is 3.36. The minimum atomic E-state index is -0.195. The third-order valence-electron chi connectivity index (χ3n) is 4.24. The first-order valence-corrected chi connectivity index (χ1v) is 9.17. The van der Waals surface area contributed by atoms with Gasteiger partial charge in [-0.2, -0.15) is 0 Å². The second-order valence-corrected chi connectivity index (χ2v) is 6.82. The molecule has 0 fully saturated rings. The monoisotopic (exact) mass is 418 g/mol. The number of nitrogens with zero attached hydrogens (tertiary/aromatic N) is 2. The summed E-state index contributed by atoms with van der Waals surface area (Å²) in [4.78, 5) is 21.7. The number of ether oxygens (including phenoxy) is 1. The first-order chi connectivity index (χ1) is 13.2. The van der Waals surface area contributed by atoms with Crippen molar-refractivity contribution in [3.63, 3.8) is 0 Å². The van der Waals surface area contributed by atoms with Crippen LogP contribution in [0.1, 0.15) is 11.1 Å². The highest BCUT2D eigenvalue weighted by molar-refractivity contribution is 9.12. The van der Waals surface area contributed by atoms with E-state index in [1.165, 1.54) is 7.11 Å². The Balaban J connectivity index is 1.90. The molecule has 0 bridgehead atoms. The van der Waals surface area contributed by atoms with Crippen LogP contribution in [0.3, 0.4) is 0 Å². The number of ketones is 1. The van der Waals surface area contributed by atoms with E-state index in [0.29, 0.717) is 10.3 Å². The zero-order valence-corrected chi connectivity index (χ0v) is 16.1. The summed E-state index contributed by atoms with van der Waals surface area (Å²) in [6, 6.07) is 19.9. The zero-order valence-electron chi connectivity index (χ0n) is 14.5. The van der Waals surface area contributed by atoms with E-state index in [9.17, 15) is 4.79 Å². The van der Waals surface area contributed by atoms with Gasteiger partial charge in [0.1, 0.15) is 0 Å². The lowest BCUT2D eigenvalue weighted by Gasteiger charge is -2.10. The van der Waals surface area contributed by atoms with Gasteiger partial charge in [-0.25, -0.2) is 9.98 Å². The summed E-state index contributed by atoms with van der Waals surface area (Å²) in [5.74, 6) is 0.609. The number of benzene rings is 2. The molecule has 4 nitrogen and oxygen atoms in total. The maximum Gasteiger partial charge on any atom is 0.234 e. The summed E-state index contributed by atoms with van der Waals surface area (Å²) < 4.78 is 5.62. The fourth-order valence-electron chi connectivity index (χ4n) is 2.92. The van der Waals surface area contributed by atoms with Gasteiger partial charge in [0, 0.05) is 16.7 Å². The largest absolute Gasteiger partial charge is 0.493 e. The molecule has 0 aromatic heterocycles. The number of allylic oxidation sites excluding steroid dienone is 4. The molecule has 132 valence electrons. The molecule has 2 aromatic rings. The average Bonchev–Trinajstić information content (AvgIpc) is 3.17. The maximum absolute atomic E-state index is 12.1. The lowest BCUT2D eigenvalue weighted by Crippen LogP contribution is -2.13. The third-order valence-corrected chi connectivity index (χ3v) is 4.83. The molecule has 0 unspecified atom stereocenters. The normalized spacial score (nSPS) is 16.6. The van der Waals surface area contributed by atoms with E-state index in [4.69, 9.17) is 14.7 Å². The molecule has 5 heteroatoms. The Hall–Kier alpha value is -3.05. The molecule has 27 heavy (non-hydrogen) atoms. The van der Waals surface area contributed by atoms with Crippen molar-refractivity contribution in [1.29, 1.82) is 0 Å². The van der Waals surface area contributed by atoms with Crippen molar-refractivity contribution < 1.29 is 9.53 Å². The van der Waals surface area contributed by atoms with Gasteiger partial charge in [-0.1, -0.05) is 60.7 Å². The minimum Gasteiger partial charge on any atom is -0.493 e. The molecule has 0 radical (unpaired) electrons. The molecule has 0 N–H and O–H groups in total. The number of carbonyl (C=O) groups is 1. The van der Waals surface area contributed by atoms with Crippen molar-refractivity contribution in [1.82, 2.24) is 0 Å². The van der Waals surface area contributed by atoms with Crippen LogP contribution in [0, 0.1) is 0 Å². The van der Waals surface area contributed by atoms with Gasteiger partial charge in [0.25, 0.3) is 0 Å². The maximum atomic E-state index is 12.1. The van der Waals surface area contributed by atoms with Crippen LogP contribution in [0.4, 0.5) is 0 Å². The van der Waals surface area contributed by atoms with Crippen LogP contribution in [0.15, 0.2) is 104 Å². The highest BCUT2D eigenvalue weighted by Crippen LogP contribution is 2.29. The lowest BCUT2D eigenvalue weighted by atomic mass is 10.0. The number of aliphatic imine (C=N–C) groups is 2. The predicted octanol–water partition coefficient (Wildman–Crippen LogP) is 4.58. The SMILES string of the molecule is COC1=CC(=C2N=C(c3ccccc3)C(c3ccccc3)=N2)C=C(Br)C1=O. The van der Waals surface area contributed by atoms with Crippen molar-refractivity contribution in [3.05, 3.63) is 106 Å². The second kappa shape index (κ2) is 7.29. The van der Waals surface area contributed by atoms with Crippen LogP contribution in [0.5, 0.6) is 0 Å². The standard InChI is InChI=1S/C22H15BrN2O2/c1-27-18-13-16(12-17(23)21(18)26)22-24-19(14-8-4-2-5-9-14)20(25-22)15-10-6-3-7-11-15/h2-13H,1H3. The predicted molar refractivity (Wildman–Crippen MR) is 110 cm³/mol. The molecule has 0 saturated heterocycles. The highest BCUT2D eigenvalue weighted by Gasteiger charge is 2.25. The van der Waals surface area contributed by atoms with E-state index in [1.807, 2.05) is 60.7 Å². The van der Waals surface area contributed by atoms with Gasteiger partial charge in [0.15, 0.2) is 11.6 Å². The lowest BCUT2D eigenvalue weighted by molar-refractivity contribution is -0.114. The van der Waals surface area contributed by atoms with Crippen LogP contribution >= 0.6 is 15.9 Å². The first-order valence-electron chi connectivity index (χ1n) is 8.38. The smallest absolute Gasteiger partial charge is 0.234 e. The van der Waals surface area contributed by atoms with Gasteiger partial charge in [-0.05, 0) is 28.1 Å². The summed E-state index contributed by atoms with van der Waals surface area (Å²) in [6.07, 6.45) is 3.40. The number of hydrogen-bond donors (Lipinski definition) is 0. The Morgan fingerprint density at radius 1 is 0.815 bits per heavy atom. The van der Waals surface area contributed by atoms with E-state index in [1.54, 1.807) is 12.2 Å². The van der Waals surface area contributed by atoms with Crippen LogP contribution in [-0.4, -0.2) is 24.3 Å². The highest BCUT2D eigenvalue weighted by atomic mass is 79.9. The Morgan fingerprint density at radius 3 is 1.81 bits per heavy atom.